The predicted octanol–water partition coefficient (Wildman–Crippen LogP) is -4.01. The summed E-state index contributed by atoms with van der Waals surface area (Å²) >= 11 is 0. The minimum absolute atomic E-state index is 0.188. The summed E-state index contributed by atoms with van der Waals surface area (Å²) in [6, 6.07) is -3.77. The maximum Gasteiger partial charge on any atom is 0.322 e. The molecule has 0 aliphatic carbocycles. The van der Waals surface area contributed by atoms with E-state index in [0.29, 0.717) is 19.4 Å². The van der Waals surface area contributed by atoms with Crippen LogP contribution in [0.4, 0.5) is 0 Å². The van der Waals surface area contributed by atoms with Crippen LogP contribution in [0.15, 0.2) is 0 Å². The molecule has 0 saturated carbocycles. The third-order valence-corrected chi connectivity index (χ3v) is 3.63. The van der Waals surface area contributed by atoms with Gasteiger partial charge >= 0.3 is 5.97 Å². The number of carbonyl (C=O) groups is 4. The standard InChI is InChI=1S/C15H29N5O7/c1-8(22)12(17)15(27)20-10(7-21)14(26)19-9(4-2-3-5-16)13(25)18-6-11(23)24/h8-10,12,21-22H,2-7,16-17H2,1H3,(H,18,25)(H,19,26)(H,20,27)(H,23,24). The normalized spacial score (nSPS) is 15.1. The van der Waals surface area contributed by atoms with E-state index in [4.69, 9.17) is 16.6 Å². The van der Waals surface area contributed by atoms with Crippen LogP contribution in [0.1, 0.15) is 26.2 Å². The van der Waals surface area contributed by atoms with E-state index in [2.05, 4.69) is 16.0 Å². The number of carboxylic acid groups (broad SMARTS) is 1. The monoisotopic (exact) mass is 391 g/mol. The molecule has 12 heteroatoms. The second kappa shape index (κ2) is 13.0. The molecule has 156 valence electrons. The zero-order chi connectivity index (χ0) is 21.0. The highest BCUT2D eigenvalue weighted by Gasteiger charge is 2.28. The van der Waals surface area contributed by atoms with Crippen LogP contribution in [0.3, 0.4) is 0 Å². The smallest absolute Gasteiger partial charge is 0.322 e. The number of nitrogens with two attached hydrogens (primary N) is 2. The maximum atomic E-state index is 12.3. The number of hydrogen-bond acceptors (Lipinski definition) is 8. The fourth-order valence-electron chi connectivity index (χ4n) is 2.00. The Bertz CT molecular complexity index is 515. The molecule has 0 bridgehead atoms. The van der Waals surface area contributed by atoms with E-state index in [9.17, 15) is 29.4 Å². The molecule has 0 spiro atoms. The van der Waals surface area contributed by atoms with Gasteiger partial charge in [-0.2, -0.15) is 0 Å². The molecule has 3 amide bonds. The summed E-state index contributed by atoms with van der Waals surface area (Å²) in [4.78, 5) is 46.8. The van der Waals surface area contributed by atoms with E-state index in [1.165, 1.54) is 6.92 Å². The van der Waals surface area contributed by atoms with Gasteiger partial charge in [0.05, 0.1) is 12.7 Å². The van der Waals surface area contributed by atoms with Crippen LogP contribution in [0, 0.1) is 0 Å². The third-order valence-electron chi connectivity index (χ3n) is 3.63. The summed E-state index contributed by atoms with van der Waals surface area (Å²) in [5.41, 5.74) is 10.8. The Hall–Kier alpha value is -2.28. The van der Waals surface area contributed by atoms with Crippen molar-refractivity contribution in [1.29, 1.82) is 0 Å². The molecule has 0 aliphatic rings. The summed E-state index contributed by atoms with van der Waals surface area (Å²) in [6.45, 7) is 0.282. The lowest BCUT2D eigenvalue weighted by molar-refractivity contribution is -0.138. The summed E-state index contributed by atoms with van der Waals surface area (Å²) < 4.78 is 0. The summed E-state index contributed by atoms with van der Waals surface area (Å²) in [5.74, 6) is -3.67. The Kier molecular flexibility index (Phi) is 11.9. The molecule has 12 nitrogen and oxygen atoms in total. The number of nitrogens with one attached hydrogen (secondary N) is 3. The first kappa shape index (κ1) is 24.7. The predicted molar refractivity (Wildman–Crippen MR) is 94.2 cm³/mol. The Morgan fingerprint density at radius 2 is 1.59 bits per heavy atom. The zero-order valence-corrected chi connectivity index (χ0v) is 15.2. The summed E-state index contributed by atoms with van der Waals surface area (Å²) in [5, 5.41) is 34.0. The number of amides is 3. The van der Waals surface area contributed by atoms with Gasteiger partial charge in [-0.25, -0.2) is 0 Å². The molecule has 0 heterocycles. The molecule has 10 N–H and O–H groups in total. The van der Waals surface area contributed by atoms with E-state index in [1.54, 1.807) is 0 Å². The van der Waals surface area contributed by atoms with Crippen molar-refractivity contribution in [2.24, 2.45) is 11.5 Å². The second-order valence-electron chi connectivity index (χ2n) is 5.97. The second-order valence-corrected chi connectivity index (χ2v) is 5.97. The zero-order valence-electron chi connectivity index (χ0n) is 15.2. The van der Waals surface area contributed by atoms with E-state index in [-0.39, 0.29) is 6.42 Å². The van der Waals surface area contributed by atoms with Gasteiger partial charge in [-0.1, -0.05) is 0 Å². The molecule has 0 aliphatic heterocycles. The van der Waals surface area contributed by atoms with Gasteiger partial charge in [0.25, 0.3) is 0 Å². The van der Waals surface area contributed by atoms with Crippen molar-refractivity contribution >= 4 is 23.7 Å². The number of hydrogen-bond donors (Lipinski definition) is 8. The number of carbonyl (C=O) groups excluding carboxylic acids is 3. The summed E-state index contributed by atoms with van der Waals surface area (Å²) in [6.07, 6.45) is 0.0962. The van der Waals surface area contributed by atoms with E-state index in [1.807, 2.05) is 0 Å². The van der Waals surface area contributed by atoms with Crippen LogP contribution in [0.2, 0.25) is 0 Å². The van der Waals surface area contributed by atoms with Crippen molar-refractivity contribution in [3.63, 3.8) is 0 Å². The number of carboxylic acids is 1. The van der Waals surface area contributed by atoms with Crippen LogP contribution in [0.5, 0.6) is 0 Å². The quantitative estimate of drug-likeness (QED) is 0.143. The molecule has 4 unspecified atom stereocenters. The van der Waals surface area contributed by atoms with Crippen LogP contribution in [0.25, 0.3) is 0 Å². The van der Waals surface area contributed by atoms with Gasteiger partial charge in [-0.15, -0.1) is 0 Å². The lowest BCUT2D eigenvalue weighted by Gasteiger charge is -2.23. The average Bonchev–Trinajstić information content (AvgIpc) is 2.62. The van der Waals surface area contributed by atoms with Crippen LogP contribution >= 0.6 is 0 Å². The molecule has 4 atom stereocenters. The highest BCUT2D eigenvalue weighted by molar-refractivity contribution is 5.93. The van der Waals surface area contributed by atoms with Gasteiger partial charge < -0.3 is 42.7 Å². The van der Waals surface area contributed by atoms with Crippen molar-refractivity contribution in [3.8, 4) is 0 Å². The highest BCUT2D eigenvalue weighted by Crippen LogP contribution is 2.02. The van der Waals surface area contributed by atoms with Gasteiger partial charge in [0.2, 0.25) is 17.7 Å². The van der Waals surface area contributed by atoms with Gasteiger partial charge in [0, 0.05) is 0 Å². The van der Waals surface area contributed by atoms with Crippen molar-refractivity contribution in [3.05, 3.63) is 0 Å². The molecule has 0 aromatic rings. The molecule has 27 heavy (non-hydrogen) atoms. The van der Waals surface area contributed by atoms with Crippen LogP contribution in [-0.2, 0) is 19.2 Å². The molecule has 0 radical (unpaired) electrons. The first-order chi connectivity index (χ1) is 12.6. The minimum atomic E-state index is -1.40. The largest absolute Gasteiger partial charge is 0.480 e. The van der Waals surface area contributed by atoms with Gasteiger partial charge in [-0.05, 0) is 32.7 Å². The Morgan fingerprint density at radius 3 is 2.07 bits per heavy atom. The molecular formula is C15H29N5O7. The maximum absolute atomic E-state index is 12.3. The van der Waals surface area contributed by atoms with Crippen molar-refractivity contribution in [2.75, 3.05) is 19.7 Å². The van der Waals surface area contributed by atoms with Gasteiger partial charge in [-0.3, -0.25) is 19.2 Å². The van der Waals surface area contributed by atoms with E-state index >= 15 is 0 Å². The first-order valence-corrected chi connectivity index (χ1v) is 8.48. The molecule has 0 aromatic carbocycles. The Morgan fingerprint density at radius 1 is 1.00 bits per heavy atom. The van der Waals surface area contributed by atoms with Crippen LogP contribution in [-0.4, -0.2) is 82.9 Å². The van der Waals surface area contributed by atoms with Crippen LogP contribution < -0.4 is 27.4 Å². The molecular weight excluding hydrogens is 362 g/mol. The first-order valence-electron chi connectivity index (χ1n) is 8.48. The van der Waals surface area contributed by atoms with Gasteiger partial charge in [0.1, 0.15) is 24.7 Å². The van der Waals surface area contributed by atoms with E-state index < -0.39 is 61.1 Å². The molecule has 0 saturated heterocycles. The number of rotatable bonds is 13. The molecule has 0 rings (SSSR count). The Balaban J connectivity index is 4.96. The lowest BCUT2D eigenvalue weighted by atomic mass is 10.1. The average molecular weight is 391 g/mol. The number of unbranched alkanes of at least 4 members (excludes halogenated alkanes) is 1. The fourth-order valence-corrected chi connectivity index (χ4v) is 2.00. The number of aliphatic hydroxyl groups is 2. The highest BCUT2D eigenvalue weighted by atomic mass is 16.4. The minimum Gasteiger partial charge on any atom is -0.480 e. The topological polar surface area (TPSA) is 217 Å². The summed E-state index contributed by atoms with van der Waals surface area (Å²) in [7, 11) is 0. The fraction of sp³-hybridized carbons (Fsp3) is 0.733. The SMILES string of the molecule is CC(O)C(N)C(=O)NC(CO)C(=O)NC(CCCCN)C(=O)NCC(=O)O. The van der Waals surface area contributed by atoms with Crippen molar-refractivity contribution in [2.45, 2.75) is 50.4 Å². The third kappa shape index (κ3) is 9.84. The molecule has 0 aromatic heterocycles. The number of aliphatic hydroxyl groups excluding tert-OH is 2. The van der Waals surface area contributed by atoms with Crippen molar-refractivity contribution < 1.29 is 34.5 Å². The van der Waals surface area contributed by atoms with Crippen molar-refractivity contribution in [1.82, 2.24) is 16.0 Å². The van der Waals surface area contributed by atoms with E-state index in [0.717, 1.165) is 0 Å². The Labute approximate surface area is 156 Å². The van der Waals surface area contributed by atoms with Gasteiger partial charge in [0.15, 0.2) is 0 Å². The molecule has 0 fully saturated rings. The lowest BCUT2D eigenvalue weighted by Crippen LogP contribution is -2.58. The number of aliphatic carboxylic acids is 1.